The van der Waals surface area contributed by atoms with Crippen LogP contribution in [0, 0.1) is 5.41 Å². The smallest absolute Gasteiger partial charge is 0.0515 e. The zero-order chi connectivity index (χ0) is 10.0. The largest absolute Gasteiger partial charge is 0.393 e. The van der Waals surface area contributed by atoms with Crippen molar-refractivity contribution in [3.63, 3.8) is 0 Å². The standard InChI is InChI=1S/C13H22O/c1-11(14)5-4-7-12-6-2-3-8-13(12)9-10-13/h7,11,14H,2-6,8-10H2,1H3/b12-7-/t11-/m1/s1. The Hall–Kier alpha value is -0.300. The van der Waals surface area contributed by atoms with Gasteiger partial charge in [0.15, 0.2) is 0 Å². The Kier molecular flexibility index (Phi) is 2.96. The van der Waals surface area contributed by atoms with Crippen molar-refractivity contribution >= 4 is 0 Å². The normalized spacial score (nSPS) is 29.4. The molecule has 0 heterocycles. The molecule has 0 unspecified atom stereocenters. The van der Waals surface area contributed by atoms with E-state index >= 15 is 0 Å². The molecule has 0 bridgehead atoms. The van der Waals surface area contributed by atoms with E-state index in [1.165, 1.54) is 38.5 Å². The third kappa shape index (κ3) is 2.20. The van der Waals surface area contributed by atoms with Crippen molar-refractivity contribution in [3.05, 3.63) is 11.6 Å². The first-order valence-corrected chi connectivity index (χ1v) is 6.10. The molecule has 0 aliphatic heterocycles. The van der Waals surface area contributed by atoms with E-state index in [1.807, 2.05) is 6.92 Å². The first-order valence-electron chi connectivity index (χ1n) is 6.10. The summed E-state index contributed by atoms with van der Waals surface area (Å²) in [5.41, 5.74) is 2.39. The Labute approximate surface area is 87.2 Å². The predicted molar refractivity (Wildman–Crippen MR) is 59.1 cm³/mol. The highest BCUT2D eigenvalue weighted by Gasteiger charge is 2.46. The maximum Gasteiger partial charge on any atom is 0.0515 e. The van der Waals surface area contributed by atoms with Crippen molar-refractivity contribution in [2.24, 2.45) is 5.41 Å². The number of allylic oxidation sites excluding steroid dienone is 2. The fourth-order valence-electron chi connectivity index (χ4n) is 2.74. The van der Waals surface area contributed by atoms with Crippen molar-refractivity contribution in [2.75, 3.05) is 0 Å². The van der Waals surface area contributed by atoms with Gasteiger partial charge >= 0.3 is 0 Å². The maximum atomic E-state index is 9.20. The summed E-state index contributed by atoms with van der Waals surface area (Å²) in [6, 6.07) is 0. The first-order chi connectivity index (χ1) is 6.73. The third-order valence-electron chi connectivity index (χ3n) is 3.86. The Balaban J connectivity index is 1.88. The van der Waals surface area contributed by atoms with Gasteiger partial charge in [-0.05, 0) is 57.3 Å². The van der Waals surface area contributed by atoms with Crippen molar-refractivity contribution in [3.8, 4) is 0 Å². The number of hydrogen-bond donors (Lipinski definition) is 1. The van der Waals surface area contributed by atoms with E-state index in [2.05, 4.69) is 6.08 Å². The zero-order valence-electron chi connectivity index (χ0n) is 9.26. The summed E-state index contributed by atoms with van der Waals surface area (Å²) in [5.74, 6) is 0. The molecule has 0 aromatic rings. The van der Waals surface area contributed by atoms with Gasteiger partial charge in [0.25, 0.3) is 0 Å². The summed E-state index contributed by atoms with van der Waals surface area (Å²) in [7, 11) is 0. The van der Waals surface area contributed by atoms with E-state index in [4.69, 9.17) is 0 Å². The Morgan fingerprint density at radius 2 is 2.14 bits per heavy atom. The fourth-order valence-corrected chi connectivity index (χ4v) is 2.74. The molecule has 0 amide bonds. The van der Waals surface area contributed by atoms with Crippen LogP contribution >= 0.6 is 0 Å². The summed E-state index contributed by atoms with van der Waals surface area (Å²) in [6.07, 6.45) is 12.8. The molecule has 2 rings (SSSR count). The lowest BCUT2D eigenvalue weighted by Crippen LogP contribution is -2.10. The monoisotopic (exact) mass is 194 g/mol. The van der Waals surface area contributed by atoms with Gasteiger partial charge in [0.1, 0.15) is 0 Å². The molecule has 1 heteroatoms. The molecular weight excluding hydrogens is 172 g/mol. The summed E-state index contributed by atoms with van der Waals surface area (Å²) in [5, 5.41) is 9.20. The van der Waals surface area contributed by atoms with Crippen LogP contribution in [0.2, 0.25) is 0 Å². The number of rotatable bonds is 3. The molecule has 14 heavy (non-hydrogen) atoms. The minimum atomic E-state index is -0.134. The van der Waals surface area contributed by atoms with Crippen LogP contribution in [-0.4, -0.2) is 11.2 Å². The molecule has 1 N–H and O–H groups in total. The van der Waals surface area contributed by atoms with E-state index in [0.29, 0.717) is 5.41 Å². The molecule has 1 spiro atoms. The summed E-state index contributed by atoms with van der Waals surface area (Å²) < 4.78 is 0. The molecular formula is C13H22O. The van der Waals surface area contributed by atoms with Gasteiger partial charge in [-0.15, -0.1) is 0 Å². The van der Waals surface area contributed by atoms with E-state index in [9.17, 15) is 5.11 Å². The van der Waals surface area contributed by atoms with Crippen LogP contribution in [-0.2, 0) is 0 Å². The lowest BCUT2D eigenvalue weighted by Gasteiger charge is -2.25. The second-order valence-electron chi connectivity index (χ2n) is 5.14. The van der Waals surface area contributed by atoms with Crippen LogP contribution in [0.15, 0.2) is 11.6 Å². The second kappa shape index (κ2) is 4.06. The molecule has 0 aromatic carbocycles. The van der Waals surface area contributed by atoms with E-state index < -0.39 is 0 Å². The molecule has 0 aromatic heterocycles. The summed E-state index contributed by atoms with van der Waals surface area (Å²) in [6.45, 7) is 1.88. The zero-order valence-corrected chi connectivity index (χ0v) is 9.26. The van der Waals surface area contributed by atoms with Gasteiger partial charge in [0, 0.05) is 0 Å². The highest BCUT2D eigenvalue weighted by molar-refractivity contribution is 5.23. The minimum absolute atomic E-state index is 0.134. The lowest BCUT2D eigenvalue weighted by molar-refractivity contribution is 0.185. The average molecular weight is 194 g/mol. The van der Waals surface area contributed by atoms with E-state index in [0.717, 1.165) is 12.8 Å². The van der Waals surface area contributed by atoms with Crippen molar-refractivity contribution in [1.29, 1.82) is 0 Å². The SMILES string of the molecule is C[C@@H](O)CC/C=C1/CCCCC12CC2. The van der Waals surface area contributed by atoms with Gasteiger partial charge in [-0.25, -0.2) is 0 Å². The number of aliphatic hydroxyl groups is 1. The molecule has 2 aliphatic carbocycles. The quantitative estimate of drug-likeness (QED) is 0.682. The lowest BCUT2D eigenvalue weighted by atomic mass is 9.81. The number of aliphatic hydroxyl groups excluding tert-OH is 1. The molecule has 80 valence electrons. The Morgan fingerprint density at radius 1 is 1.36 bits per heavy atom. The highest BCUT2D eigenvalue weighted by Crippen LogP contribution is 2.59. The van der Waals surface area contributed by atoms with Crippen LogP contribution < -0.4 is 0 Å². The van der Waals surface area contributed by atoms with Crippen molar-refractivity contribution in [2.45, 2.75) is 64.4 Å². The van der Waals surface area contributed by atoms with Crippen LogP contribution in [0.5, 0.6) is 0 Å². The van der Waals surface area contributed by atoms with E-state index in [-0.39, 0.29) is 6.10 Å². The molecule has 1 atom stereocenters. The molecule has 0 saturated heterocycles. The van der Waals surface area contributed by atoms with Crippen LogP contribution in [0.1, 0.15) is 58.3 Å². The summed E-state index contributed by atoms with van der Waals surface area (Å²) in [4.78, 5) is 0. The molecule has 2 fully saturated rings. The average Bonchev–Trinajstić information content (AvgIpc) is 2.89. The van der Waals surface area contributed by atoms with Crippen molar-refractivity contribution < 1.29 is 5.11 Å². The van der Waals surface area contributed by atoms with E-state index in [1.54, 1.807) is 5.57 Å². The van der Waals surface area contributed by atoms with Gasteiger partial charge in [0.2, 0.25) is 0 Å². The van der Waals surface area contributed by atoms with Gasteiger partial charge in [-0.1, -0.05) is 18.1 Å². The van der Waals surface area contributed by atoms with Crippen LogP contribution in [0.25, 0.3) is 0 Å². The van der Waals surface area contributed by atoms with Gasteiger partial charge in [-0.2, -0.15) is 0 Å². The molecule has 2 saturated carbocycles. The van der Waals surface area contributed by atoms with Crippen molar-refractivity contribution in [1.82, 2.24) is 0 Å². The third-order valence-corrected chi connectivity index (χ3v) is 3.86. The topological polar surface area (TPSA) is 20.2 Å². The van der Waals surface area contributed by atoms with Crippen LogP contribution in [0.4, 0.5) is 0 Å². The van der Waals surface area contributed by atoms with Gasteiger partial charge in [-0.3, -0.25) is 0 Å². The summed E-state index contributed by atoms with van der Waals surface area (Å²) >= 11 is 0. The Morgan fingerprint density at radius 3 is 2.79 bits per heavy atom. The fraction of sp³-hybridized carbons (Fsp3) is 0.846. The molecule has 1 nitrogen and oxygen atoms in total. The number of hydrogen-bond acceptors (Lipinski definition) is 1. The van der Waals surface area contributed by atoms with Crippen LogP contribution in [0.3, 0.4) is 0 Å². The molecule has 0 radical (unpaired) electrons. The minimum Gasteiger partial charge on any atom is -0.393 e. The highest BCUT2D eigenvalue weighted by atomic mass is 16.3. The predicted octanol–water partition coefficient (Wildman–Crippen LogP) is 3.43. The van der Waals surface area contributed by atoms with Gasteiger partial charge in [0.05, 0.1) is 6.10 Å². The van der Waals surface area contributed by atoms with Gasteiger partial charge < -0.3 is 5.11 Å². The maximum absolute atomic E-state index is 9.20. The second-order valence-corrected chi connectivity index (χ2v) is 5.14. The first kappa shape index (κ1) is 10.2. The Bertz CT molecular complexity index is 223. The molecule has 2 aliphatic rings.